The van der Waals surface area contributed by atoms with Crippen LogP contribution in [-0.2, 0) is 0 Å². The molecule has 0 spiro atoms. The van der Waals surface area contributed by atoms with Crippen molar-refractivity contribution in [1.29, 1.82) is 0 Å². The largest absolute Gasteiger partial charge is 0.461 e. The molecule has 0 unspecified atom stereocenters. The molecule has 2 nitrogen and oxygen atoms in total. The van der Waals surface area contributed by atoms with E-state index in [1.807, 2.05) is 0 Å². The summed E-state index contributed by atoms with van der Waals surface area (Å²) in [6.07, 6.45) is 7.31. The number of Topliss-reactive ketones (excluding diaryl/α,β-unsaturated/α-hetero) is 1. The molecule has 1 aromatic rings. The van der Waals surface area contributed by atoms with Crippen LogP contribution in [-0.4, -0.2) is 5.78 Å². The van der Waals surface area contributed by atoms with Crippen molar-refractivity contribution in [2.24, 2.45) is 5.92 Å². The molecular weight excluding hydrogens is 164 g/mol. The van der Waals surface area contributed by atoms with Gasteiger partial charge in [0, 0.05) is 5.92 Å². The van der Waals surface area contributed by atoms with Crippen LogP contribution in [0, 0.1) is 5.92 Å². The average Bonchev–Trinajstić information content (AvgIpc) is 2.71. The summed E-state index contributed by atoms with van der Waals surface area (Å²) < 4.78 is 5.10. The van der Waals surface area contributed by atoms with Crippen molar-refractivity contribution < 1.29 is 9.21 Å². The van der Waals surface area contributed by atoms with E-state index < -0.39 is 0 Å². The molecule has 1 saturated carbocycles. The van der Waals surface area contributed by atoms with E-state index in [9.17, 15) is 4.79 Å². The van der Waals surface area contributed by atoms with Gasteiger partial charge in [-0.15, -0.1) is 0 Å². The van der Waals surface area contributed by atoms with Gasteiger partial charge in [0.25, 0.3) is 0 Å². The Labute approximate surface area is 77.9 Å². The molecule has 1 aliphatic carbocycles. The summed E-state index contributed by atoms with van der Waals surface area (Å²) >= 11 is 0. The lowest BCUT2D eigenvalue weighted by Gasteiger charge is -2.18. The molecule has 0 N–H and O–H groups in total. The molecule has 0 aromatic carbocycles. The van der Waals surface area contributed by atoms with Gasteiger partial charge in [0.1, 0.15) is 0 Å². The van der Waals surface area contributed by atoms with Gasteiger partial charge in [-0.25, -0.2) is 0 Å². The van der Waals surface area contributed by atoms with Crippen LogP contribution in [0.5, 0.6) is 0 Å². The van der Waals surface area contributed by atoms with Gasteiger partial charge in [0.2, 0.25) is 5.78 Å². The molecule has 1 aromatic heterocycles. The van der Waals surface area contributed by atoms with Gasteiger partial charge < -0.3 is 4.42 Å². The molecular formula is C11H14O2. The highest BCUT2D eigenvalue weighted by molar-refractivity contribution is 5.95. The van der Waals surface area contributed by atoms with Crippen molar-refractivity contribution in [3.8, 4) is 0 Å². The smallest absolute Gasteiger partial charge is 0.201 e. The standard InChI is InChI=1S/C11H14O2/c12-11(10-7-4-8-13-10)9-5-2-1-3-6-9/h4,7-9H,1-3,5-6H2. The van der Waals surface area contributed by atoms with Crippen LogP contribution in [0.3, 0.4) is 0 Å². The molecule has 0 aliphatic heterocycles. The van der Waals surface area contributed by atoms with Gasteiger partial charge in [-0.3, -0.25) is 4.79 Å². The number of furan rings is 1. The Hall–Kier alpha value is -1.05. The van der Waals surface area contributed by atoms with E-state index in [4.69, 9.17) is 4.42 Å². The molecule has 13 heavy (non-hydrogen) atoms. The van der Waals surface area contributed by atoms with E-state index in [0.29, 0.717) is 5.76 Å². The average molecular weight is 178 g/mol. The molecule has 0 atom stereocenters. The first-order chi connectivity index (χ1) is 6.38. The summed E-state index contributed by atoms with van der Waals surface area (Å²) in [5.74, 6) is 0.955. The lowest BCUT2D eigenvalue weighted by atomic mass is 9.85. The quantitative estimate of drug-likeness (QED) is 0.651. The monoisotopic (exact) mass is 178 g/mol. The Balaban J connectivity index is 2.04. The topological polar surface area (TPSA) is 30.2 Å². The van der Waals surface area contributed by atoms with Crippen LogP contribution in [0.4, 0.5) is 0 Å². The lowest BCUT2D eigenvalue weighted by Crippen LogP contribution is -2.17. The fourth-order valence-electron chi connectivity index (χ4n) is 1.98. The van der Waals surface area contributed by atoms with Crippen LogP contribution in [0.1, 0.15) is 42.7 Å². The van der Waals surface area contributed by atoms with Crippen molar-refractivity contribution in [3.05, 3.63) is 24.2 Å². The Kier molecular flexibility index (Phi) is 2.48. The van der Waals surface area contributed by atoms with Crippen LogP contribution in [0.15, 0.2) is 22.8 Å². The second-order valence-corrected chi connectivity index (χ2v) is 3.68. The molecule has 70 valence electrons. The normalized spacial score (nSPS) is 18.8. The van der Waals surface area contributed by atoms with Gasteiger partial charge in [-0.2, -0.15) is 0 Å². The summed E-state index contributed by atoms with van der Waals surface area (Å²) in [4.78, 5) is 11.8. The third kappa shape index (κ3) is 1.82. The third-order valence-electron chi connectivity index (χ3n) is 2.74. The maximum absolute atomic E-state index is 11.8. The molecule has 0 radical (unpaired) electrons. The third-order valence-corrected chi connectivity index (χ3v) is 2.74. The fraction of sp³-hybridized carbons (Fsp3) is 0.545. The summed E-state index contributed by atoms with van der Waals surface area (Å²) in [6, 6.07) is 3.53. The Morgan fingerprint density at radius 2 is 2.08 bits per heavy atom. The van der Waals surface area contributed by atoms with Crippen LogP contribution >= 0.6 is 0 Å². The van der Waals surface area contributed by atoms with Crippen LogP contribution in [0.25, 0.3) is 0 Å². The summed E-state index contributed by atoms with van der Waals surface area (Å²) in [5.41, 5.74) is 0. The van der Waals surface area contributed by atoms with E-state index in [1.54, 1.807) is 18.4 Å². The highest BCUT2D eigenvalue weighted by atomic mass is 16.3. The van der Waals surface area contributed by atoms with Gasteiger partial charge in [-0.05, 0) is 25.0 Å². The maximum Gasteiger partial charge on any atom is 0.201 e. The zero-order chi connectivity index (χ0) is 9.10. The SMILES string of the molecule is O=C(c1ccco1)C1CCCCC1. The number of hydrogen-bond acceptors (Lipinski definition) is 2. The van der Waals surface area contributed by atoms with Crippen molar-refractivity contribution in [2.45, 2.75) is 32.1 Å². The highest BCUT2D eigenvalue weighted by Gasteiger charge is 2.23. The molecule has 0 amide bonds. The molecule has 2 heteroatoms. The van der Waals surface area contributed by atoms with Crippen LogP contribution < -0.4 is 0 Å². The van der Waals surface area contributed by atoms with E-state index >= 15 is 0 Å². The molecule has 0 saturated heterocycles. The Morgan fingerprint density at radius 3 is 2.69 bits per heavy atom. The second-order valence-electron chi connectivity index (χ2n) is 3.68. The van der Waals surface area contributed by atoms with E-state index in [1.165, 1.54) is 19.3 Å². The number of ketones is 1. The van der Waals surface area contributed by atoms with Gasteiger partial charge in [-0.1, -0.05) is 19.3 Å². The minimum Gasteiger partial charge on any atom is -0.461 e. The summed E-state index contributed by atoms with van der Waals surface area (Å²) in [5, 5.41) is 0. The highest BCUT2D eigenvalue weighted by Crippen LogP contribution is 2.26. The molecule has 1 aliphatic rings. The van der Waals surface area contributed by atoms with Crippen molar-refractivity contribution >= 4 is 5.78 Å². The van der Waals surface area contributed by atoms with Gasteiger partial charge in [0.05, 0.1) is 6.26 Å². The fourth-order valence-corrected chi connectivity index (χ4v) is 1.98. The van der Waals surface area contributed by atoms with Crippen LogP contribution in [0.2, 0.25) is 0 Å². The number of rotatable bonds is 2. The Bertz CT molecular complexity index is 268. The summed E-state index contributed by atoms with van der Waals surface area (Å²) in [7, 11) is 0. The van der Waals surface area contributed by atoms with E-state index in [-0.39, 0.29) is 11.7 Å². The molecule has 1 fully saturated rings. The molecule has 2 rings (SSSR count). The van der Waals surface area contributed by atoms with Gasteiger partial charge in [0.15, 0.2) is 5.76 Å². The predicted molar refractivity (Wildman–Crippen MR) is 49.6 cm³/mol. The Morgan fingerprint density at radius 1 is 1.31 bits per heavy atom. The van der Waals surface area contributed by atoms with Crippen molar-refractivity contribution in [1.82, 2.24) is 0 Å². The number of carbonyl (C=O) groups is 1. The first-order valence-corrected chi connectivity index (χ1v) is 4.95. The predicted octanol–water partition coefficient (Wildman–Crippen LogP) is 3.04. The van der Waals surface area contributed by atoms with Crippen molar-refractivity contribution in [3.63, 3.8) is 0 Å². The summed E-state index contributed by atoms with van der Waals surface area (Å²) in [6.45, 7) is 0. The maximum atomic E-state index is 11.8. The zero-order valence-corrected chi connectivity index (χ0v) is 7.66. The number of hydrogen-bond donors (Lipinski definition) is 0. The van der Waals surface area contributed by atoms with E-state index in [2.05, 4.69) is 0 Å². The molecule has 0 bridgehead atoms. The van der Waals surface area contributed by atoms with Crippen molar-refractivity contribution in [2.75, 3.05) is 0 Å². The minimum atomic E-state index is 0.199. The van der Waals surface area contributed by atoms with Gasteiger partial charge >= 0.3 is 0 Å². The number of carbonyl (C=O) groups excluding carboxylic acids is 1. The first kappa shape index (κ1) is 8.54. The van der Waals surface area contributed by atoms with E-state index in [0.717, 1.165) is 12.8 Å². The molecule has 1 heterocycles. The minimum absolute atomic E-state index is 0.199. The lowest BCUT2D eigenvalue weighted by molar-refractivity contribution is 0.0860. The zero-order valence-electron chi connectivity index (χ0n) is 7.66. The second kappa shape index (κ2) is 3.77. The first-order valence-electron chi connectivity index (χ1n) is 4.95.